The van der Waals surface area contributed by atoms with E-state index in [1.54, 1.807) is 0 Å². The third kappa shape index (κ3) is 3.88. The van der Waals surface area contributed by atoms with E-state index in [0.717, 1.165) is 35.7 Å². The largest absolute Gasteiger partial charge is 0.451 e. The molecule has 4 aromatic rings. The van der Waals surface area contributed by atoms with Crippen molar-refractivity contribution in [3.63, 3.8) is 0 Å². The summed E-state index contributed by atoms with van der Waals surface area (Å²) in [5.41, 5.74) is 6.14. The normalized spacial score (nSPS) is 17.3. The van der Waals surface area contributed by atoms with Gasteiger partial charge >= 0.3 is 6.18 Å². The monoisotopic (exact) mass is 436 g/mol. The molecule has 1 aliphatic carbocycles. The minimum Gasteiger partial charge on any atom is -0.357 e. The molecule has 0 aliphatic heterocycles. The molecule has 5 rings (SSSR count). The third-order valence-electron chi connectivity index (χ3n) is 6.20. The number of aromatic nitrogens is 3. The Balaban J connectivity index is 1.46. The van der Waals surface area contributed by atoms with E-state index in [9.17, 15) is 13.2 Å². The lowest BCUT2D eigenvalue weighted by molar-refractivity contribution is -0.144. The van der Waals surface area contributed by atoms with Crippen LogP contribution in [0.3, 0.4) is 0 Å². The number of aryl methyl sites for hydroxylation is 1. The van der Waals surface area contributed by atoms with E-state index >= 15 is 0 Å². The van der Waals surface area contributed by atoms with Crippen LogP contribution in [0.5, 0.6) is 0 Å². The van der Waals surface area contributed by atoms with E-state index in [2.05, 4.69) is 51.5 Å². The molecule has 2 unspecified atom stereocenters. The summed E-state index contributed by atoms with van der Waals surface area (Å²) in [5, 5.41) is 4.87. The zero-order chi connectivity index (χ0) is 22.3. The summed E-state index contributed by atoms with van der Waals surface area (Å²) in [4.78, 5) is 10.6. The Morgan fingerprint density at radius 3 is 2.50 bits per heavy atom. The van der Waals surface area contributed by atoms with Gasteiger partial charge in [0, 0.05) is 46.6 Å². The second-order valence-electron chi connectivity index (χ2n) is 8.31. The van der Waals surface area contributed by atoms with Crippen LogP contribution in [0.1, 0.15) is 54.5 Å². The number of nitrogens with zero attached hydrogens (tertiary/aromatic N) is 2. The first kappa shape index (κ1) is 20.7. The number of benzene rings is 2. The molecule has 2 aromatic heterocycles. The predicted molar refractivity (Wildman–Crippen MR) is 118 cm³/mol. The Hall–Kier alpha value is -3.19. The quantitative estimate of drug-likeness (QED) is 0.391. The number of halogens is 3. The van der Waals surface area contributed by atoms with Gasteiger partial charge in [-0.1, -0.05) is 36.4 Å². The summed E-state index contributed by atoms with van der Waals surface area (Å²) >= 11 is 0. The fourth-order valence-corrected chi connectivity index (χ4v) is 4.57. The summed E-state index contributed by atoms with van der Waals surface area (Å²) in [6.07, 6.45) is 1.04. The molecule has 1 aliphatic rings. The number of hydrogen-bond donors (Lipinski definition) is 2. The number of rotatable bonds is 4. The van der Waals surface area contributed by atoms with Crippen LogP contribution < -0.4 is 5.32 Å². The zero-order valence-electron chi connectivity index (χ0n) is 17.6. The summed E-state index contributed by atoms with van der Waals surface area (Å²) < 4.78 is 38.3. The maximum absolute atomic E-state index is 12.8. The van der Waals surface area contributed by atoms with Crippen molar-refractivity contribution in [2.75, 3.05) is 0 Å². The van der Waals surface area contributed by atoms with Crippen molar-refractivity contribution in [3.05, 3.63) is 83.6 Å². The van der Waals surface area contributed by atoms with Crippen LogP contribution in [-0.2, 0) is 12.6 Å². The van der Waals surface area contributed by atoms with Crippen molar-refractivity contribution in [1.29, 1.82) is 0 Å². The maximum atomic E-state index is 12.8. The van der Waals surface area contributed by atoms with Crippen LogP contribution >= 0.6 is 0 Å². The molecule has 0 saturated carbocycles. The highest BCUT2D eigenvalue weighted by molar-refractivity contribution is 5.89. The average Bonchev–Trinajstić information content (AvgIpc) is 3.18. The minimum absolute atomic E-state index is 0.221. The van der Waals surface area contributed by atoms with E-state index in [0.29, 0.717) is 5.56 Å². The highest BCUT2D eigenvalue weighted by Gasteiger charge is 2.34. The van der Waals surface area contributed by atoms with E-state index in [4.69, 9.17) is 0 Å². The lowest BCUT2D eigenvalue weighted by atomic mass is 9.90. The van der Waals surface area contributed by atoms with Crippen LogP contribution in [0.4, 0.5) is 13.2 Å². The lowest BCUT2D eigenvalue weighted by Crippen LogP contribution is -2.27. The molecule has 7 heteroatoms. The number of aromatic amines is 1. The van der Waals surface area contributed by atoms with Gasteiger partial charge < -0.3 is 10.3 Å². The molecule has 32 heavy (non-hydrogen) atoms. The van der Waals surface area contributed by atoms with Gasteiger partial charge in [-0.3, -0.25) is 0 Å². The van der Waals surface area contributed by atoms with Crippen molar-refractivity contribution in [1.82, 2.24) is 20.3 Å². The molecule has 0 fully saturated rings. The fourth-order valence-electron chi connectivity index (χ4n) is 4.57. The fraction of sp³-hybridized carbons (Fsp3) is 0.280. The number of alkyl halides is 3. The number of H-pyrrole nitrogens is 1. The van der Waals surface area contributed by atoms with Crippen molar-refractivity contribution in [2.45, 2.75) is 44.4 Å². The van der Waals surface area contributed by atoms with Crippen LogP contribution in [-0.4, -0.2) is 15.0 Å². The number of nitrogens with one attached hydrogen (secondary N) is 2. The van der Waals surface area contributed by atoms with E-state index < -0.39 is 12.0 Å². The Labute approximate surface area is 183 Å². The number of hydrogen-bond acceptors (Lipinski definition) is 3. The minimum atomic E-state index is -4.54. The molecule has 0 radical (unpaired) electrons. The van der Waals surface area contributed by atoms with Gasteiger partial charge in [-0.2, -0.15) is 13.2 Å². The van der Waals surface area contributed by atoms with Gasteiger partial charge in [0.15, 0.2) is 0 Å². The predicted octanol–water partition coefficient (Wildman–Crippen LogP) is 6.37. The first-order valence-electron chi connectivity index (χ1n) is 10.8. The van der Waals surface area contributed by atoms with Gasteiger partial charge in [0.05, 0.1) is 0 Å². The molecule has 0 bridgehead atoms. The van der Waals surface area contributed by atoms with E-state index in [1.807, 2.05) is 24.3 Å². The molecule has 164 valence electrons. The standard InChI is InChI=1S/C25H23F3N4/c1-15(16-6-3-2-4-7-16)31-22-9-5-8-19-20-12-17(10-11-21(20)32-23(19)22)18-13-29-24(30-14-18)25(26,27)28/h2-4,6-7,10-15,22,31-32H,5,8-9H2,1H3. The molecule has 0 spiro atoms. The SMILES string of the molecule is CC(NC1CCCc2c1[nH]c1ccc(-c3cnc(C(F)(F)F)nc3)cc21)c1ccccc1. The van der Waals surface area contributed by atoms with Gasteiger partial charge in [-0.05, 0) is 55.0 Å². The molecule has 0 amide bonds. The van der Waals surface area contributed by atoms with Crippen molar-refractivity contribution in [3.8, 4) is 11.1 Å². The molecule has 2 N–H and O–H groups in total. The van der Waals surface area contributed by atoms with Crippen LogP contribution in [0.15, 0.2) is 60.9 Å². The van der Waals surface area contributed by atoms with Crippen molar-refractivity contribution in [2.24, 2.45) is 0 Å². The van der Waals surface area contributed by atoms with E-state index in [-0.39, 0.29) is 12.1 Å². The zero-order valence-corrected chi connectivity index (χ0v) is 17.6. The van der Waals surface area contributed by atoms with Gasteiger partial charge in [0.2, 0.25) is 5.82 Å². The smallest absolute Gasteiger partial charge is 0.357 e. The van der Waals surface area contributed by atoms with Crippen molar-refractivity contribution >= 4 is 10.9 Å². The highest BCUT2D eigenvalue weighted by atomic mass is 19.4. The Kier molecular flexibility index (Phi) is 5.21. The summed E-state index contributed by atoms with van der Waals surface area (Å²) in [5.74, 6) is -1.12. The molecule has 4 nitrogen and oxygen atoms in total. The topological polar surface area (TPSA) is 53.6 Å². The summed E-state index contributed by atoms with van der Waals surface area (Å²) in [7, 11) is 0. The molecule has 2 aromatic carbocycles. The van der Waals surface area contributed by atoms with Crippen LogP contribution in [0.25, 0.3) is 22.0 Å². The highest BCUT2D eigenvalue weighted by Crippen LogP contribution is 2.37. The molecule has 2 heterocycles. The van der Waals surface area contributed by atoms with Gasteiger partial charge in [-0.15, -0.1) is 0 Å². The van der Waals surface area contributed by atoms with Crippen molar-refractivity contribution < 1.29 is 13.2 Å². The second-order valence-corrected chi connectivity index (χ2v) is 8.31. The molecule has 2 atom stereocenters. The van der Waals surface area contributed by atoms with Crippen LogP contribution in [0.2, 0.25) is 0 Å². The first-order valence-corrected chi connectivity index (χ1v) is 10.8. The van der Waals surface area contributed by atoms with Gasteiger partial charge in [0.25, 0.3) is 0 Å². The van der Waals surface area contributed by atoms with Gasteiger partial charge in [0.1, 0.15) is 0 Å². The third-order valence-corrected chi connectivity index (χ3v) is 6.20. The lowest BCUT2D eigenvalue weighted by Gasteiger charge is -2.27. The summed E-state index contributed by atoms with van der Waals surface area (Å²) in [6, 6.07) is 16.7. The second kappa shape index (κ2) is 8.06. The Morgan fingerprint density at radius 1 is 1.03 bits per heavy atom. The van der Waals surface area contributed by atoms with Gasteiger partial charge in [-0.25, -0.2) is 9.97 Å². The van der Waals surface area contributed by atoms with Crippen LogP contribution in [0, 0.1) is 0 Å². The average molecular weight is 436 g/mol. The van der Waals surface area contributed by atoms with E-state index in [1.165, 1.54) is 29.2 Å². The first-order chi connectivity index (χ1) is 15.4. The molecular weight excluding hydrogens is 413 g/mol. The molecule has 0 saturated heterocycles. The number of fused-ring (bicyclic) bond motifs is 3. The molecular formula is C25H23F3N4. The maximum Gasteiger partial charge on any atom is 0.451 e. The Morgan fingerprint density at radius 2 is 1.78 bits per heavy atom. The summed E-state index contributed by atoms with van der Waals surface area (Å²) in [6.45, 7) is 2.18. The Bertz CT molecular complexity index is 1230.